The smallest absolute Gasteiger partial charge is 0.277 e. The van der Waals surface area contributed by atoms with Crippen LogP contribution in [-0.4, -0.2) is 26.1 Å². The Balaban J connectivity index is 4.28. The SMILES string of the molecule is CS(CCl)=P(O)(O)O. The minimum atomic E-state index is -3.61. The highest BCUT2D eigenvalue weighted by Crippen LogP contribution is 2.35. The van der Waals surface area contributed by atoms with Gasteiger partial charge < -0.3 is 14.7 Å². The predicted molar refractivity (Wildman–Crippen MR) is 37.6 cm³/mol. The van der Waals surface area contributed by atoms with E-state index in [4.69, 9.17) is 26.3 Å². The van der Waals surface area contributed by atoms with Crippen molar-refractivity contribution < 1.29 is 14.7 Å². The molecule has 3 nitrogen and oxygen atoms in total. The lowest BCUT2D eigenvalue weighted by molar-refractivity contribution is 0.363. The fraction of sp³-hybridized carbons (Fsp3) is 1.00. The van der Waals surface area contributed by atoms with Crippen LogP contribution in [-0.2, 0) is 10.1 Å². The van der Waals surface area contributed by atoms with E-state index in [9.17, 15) is 0 Å². The highest BCUT2D eigenvalue weighted by molar-refractivity contribution is 8.27. The van der Waals surface area contributed by atoms with E-state index >= 15 is 0 Å². The first kappa shape index (κ1) is 8.95. The lowest BCUT2D eigenvalue weighted by Gasteiger charge is -2.05. The molecule has 0 saturated carbocycles. The number of hydrogen-bond donors (Lipinski definition) is 3. The predicted octanol–water partition coefficient (Wildman–Crippen LogP) is 0.0853. The van der Waals surface area contributed by atoms with Gasteiger partial charge in [0.05, 0.1) is 5.21 Å². The summed E-state index contributed by atoms with van der Waals surface area (Å²) in [4.78, 5) is 25.3. The summed E-state index contributed by atoms with van der Waals surface area (Å²) in [5.41, 5.74) is 0. The molecular weight excluding hydrogens is 171 g/mol. The molecule has 0 aromatic rings. The molecule has 1 unspecified atom stereocenters. The lowest BCUT2D eigenvalue weighted by atomic mass is 11.9. The van der Waals surface area contributed by atoms with Crippen LogP contribution in [0.25, 0.3) is 0 Å². The zero-order chi connectivity index (χ0) is 6.78. The summed E-state index contributed by atoms with van der Waals surface area (Å²) >= 11 is 5.20. The second kappa shape index (κ2) is 3.20. The molecule has 0 aliphatic heterocycles. The molecule has 52 valence electrons. The summed E-state index contributed by atoms with van der Waals surface area (Å²) in [6, 6.07) is 0. The summed E-state index contributed by atoms with van der Waals surface area (Å²) in [6.07, 6.45) is 1.50. The lowest BCUT2D eigenvalue weighted by Crippen LogP contribution is -1.90. The van der Waals surface area contributed by atoms with E-state index in [1.54, 1.807) is 0 Å². The summed E-state index contributed by atoms with van der Waals surface area (Å²) in [6.45, 7) is -3.61. The molecule has 0 aliphatic carbocycles. The van der Waals surface area contributed by atoms with Crippen molar-refractivity contribution in [2.24, 2.45) is 0 Å². The largest absolute Gasteiger partial charge is 0.329 e. The van der Waals surface area contributed by atoms with Gasteiger partial charge in [-0.25, -0.2) is 0 Å². The average molecular weight is 179 g/mol. The number of rotatable bonds is 1. The van der Waals surface area contributed by atoms with Crippen molar-refractivity contribution in [2.75, 3.05) is 11.5 Å². The van der Waals surface area contributed by atoms with Crippen LogP contribution in [0.2, 0.25) is 0 Å². The van der Waals surface area contributed by atoms with Gasteiger partial charge in [0.2, 0.25) is 0 Å². The van der Waals surface area contributed by atoms with Crippen LogP contribution in [0.3, 0.4) is 0 Å². The van der Waals surface area contributed by atoms with E-state index in [2.05, 4.69) is 0 Å². The Kier molecular flexibility index (Phi) is 3.58. The van der Waals surface area contributed by atoms with Crippen molar-refractivity contribution in [1.82, 2.24) is 0 Å². The maximum atomic E-state index is 8.44. The Morgan fingerprint density at radius 3 is 1.88 bits per heavy atom. The van der Waals surface area contributed by atoms with Crippen molar-refractivity contribution >= 4 is 28.4 Å². The van der Waals surface area contributed by atoms with E-state index in [1.807, 2.05) is 0 Å². The molecule has 3 N–H and O–H groups in total. The summed E-state index contributed by atoms with van der Waals surface area (Å²) < 4.78 is 0. The van der Waals surface area contributed by atoms with Crippen molar-refractivity contribution in [1.29, 1.82) is 0 Å². The van der Waals surface area contributed by atoms with E-state index < -0.39 is 16.8 Å². The molecule has 0 rings (SSSR count). The van der Waals surface area contributed by atoms with E-state index in [1.165, 1.54) is 6.26 Å². The van der Waals surface area contributed by atoms with E-state index in [0.29, 0.717) is 0 Å². The van der Waals surface area contributed by atoms with E-state index in [0.717, 1.165) is 0 Å². The van der Waals surface area contributed by atoms with Gasteiger partial charge in [0.25, 0.3) is 6.72 Å². The summed E-state index contributed by atoms with van der Waals surface area (Å²) in [5.74, 6) is 0. The Bertz CT molecular complexity index is 121. The van der Waals surface area contributed by atoms with Gasteiger partial charge >= 0.3 is 0 Å². The van der Waals surface area contributed by atoms with Gasteiger partial charge in [0, 0.05) is 0 Å². The second-order valence-electron chi connectivity index (χ2n) is 1.22. The zero-order valence-corrected chi connectivity index (χ0v) is 6.75. The number of hydrogen-bond acceptors (Lipinski definition) is 0. The molecule has 0 heterocycles. The summed E-state index contributed by atoms with van der Waals surface area (Å²) in [7, 11) is -0.851. The van der Waals surface area contributed by atoms with Crippen LogP contribution in [0, 0.1) is 0 Å². The van der Waals surface area contributed by atoms with Crippen molar-refractivity contribution in [3.05, 3.63) is 0 Å². The van der Waals surface area contributed by atoms with Crippen LogP contribution in [0.1, 0.15) is 0 Å². The molecule has 0 radical (unpaired) electrons. The van der Waals surface area contributed by atoms with Gasteiger partial charge in [-0.2, -0.15) is 0 Å². The highest BCUT2D eigenvalue weighted by Gasteiger charge is 2.05. The number of alkyl halides is 1. The van der Waals surface area contributed by atoms with Crippen molar-refractivity contribution in [3.8, 4) is 0 Å². The third-order valence-electron chi connectivity index (χ3n) is 0.576. The molecule has 6 heteroatoms. The zero-order valence-electron chi connectivity index (χ0n) is 4.28. The fourth-order valence-corrected chi connectivity index (χ4v) is 1.77. The Morgan fingerprint density at radius 1 is 1.50 bits per heavy atom. The van der Waals surface area contributed by atoms with Gasteiger partial charge in [-0.05, 0) is 6.26 Å². The molecular formula is C2H8ClO3PS. The van der Waals surface area contributed by atoms with Crippen LogP contribution >= 0.6 is 18.3 Å². The van der Waals surface area contributed by atoms with Gasteiger partial charge in [-0.15, -0.1) is 21.7 Å². The minimum Gasteiger partial charge on any atom is -0.329 e. The Hall–Kier alpha value is 0.950. The molecule has 8 heavy (non-hydrogen) atoms. The molecule has 0 aromatic heterocycles. The van der Waals surface area contributed by atoms with Gasteiger partial charge in [0.15, 0.2) is 0 Å². The third-order valence-corrected chi connectivity index (χ3v) is 6.06. The molecule has 0 fully saturated rings. The van der Waals surface area contributed by atoms with Crippen molar-refractivity contribution in [3.63, 3.8) is 0 Å². The molecule has 1 atom stereocenters. The van der Waals surface area contributed by atoms with Gasteiger partial charge in [-0.3, -0.25) is 0 Å². The molecule has 0 spiro atoms. The molecule has 0 bridgehead atoms. The Labute approximate surface area is 55.1 Å². The van der Waals surface area contributed by atoms with Crippen LogP contribution in [0.15, 0.2) is 0 Å². The molecule has 0 saturated heterocycles. The second-order valence-corrected chi connectivity index (χ2v) is 7.66. The first-order valence-electron chi connectivity index (χ1n) is 1.75. The maximum Gasteiger partial charge on any atom is 0.277 e. The van der Waals surface area contributed by atoms with E-state index in [-0.39, 0.29) is 5.21 Å². The molecule has 0 aromatic carbocycles. The molecule has 0 amide bonds. The summed E-state index contributed by atoms with van der Waals surface area (Å²) in [5, 5.41) is 0.0945. The minimum absolute atomic E-state index is 0.0945. The first-order valence-corrected chi connectivity index (χ1v) is 6.34. The van der Waals surface area contributed by atoms with Gasteiger partial charge in [0.1, 0.15) is 0 Å². The quantitative estimate of drug-likeness (QED) is 0.394. The maximum absolute atomic E-state index is 8.44. The van der Waals surface area contributed by atoms with Crippen LogP contribution in [0.4, 0.5) is 0 Å². The van der Waals surface area contributed by atoms with Crippen LogP contribution < -0.4 is 0 Å². The average Bonchev–Trinajstić information content (AvgIpc) is 1.62. The normalized spacial score (nSPS) is 16.1. The van der Waals surface area contributed by atoms with Crippen LogP contribution in [0.5, 0.6) is 0 Å². The standard InChI is InChI=1S/C2H8ClO3PS/c1-8(2-3)7(4,5)6/h4-6H,2H2,1H3. The van der Waals surface area contributed by atoms with Crippen molar-refractivity contribution in [2.45, 2.75) is 0 Å². The fourth-order valence-electron chi connectivity index (χ4n) is 0.0655. The molecule has 0 aliphatic rings. The Morgan fingerprint density at radius 2 is 1.88 bits per heavy atom. The highest BCUT2D eigenvalue weighted by atomic mass is 35.5. The van der Waals surface area contributed by atoms with Gasteiger partial charge in [-0.1, -0.05) is 0 Å². The third kappa shape index (κ3) is 3.07. The first-order chi connectivity index (χ1) is 3.48. The number of halogens is 1. The topological polar surface area (TPSA) is 60.7 Å². The monoisotopic (exact) mass is 178 g/mol.